The van der Waals surface area contributed by atoms with E-state index in [0.29, 0.717) is 17.5 Å². The molecule has 1 heterocycles. The molecule has 0 aliphatic carbocycles. The number of hydrogen-bond acceptors (Lipinski definition) is 3. The summed E-state index contributed by atoms with van der Waals surface area (Å²) >= 11 is 1.66. The van der Waals surface area contributed by atoms with Crippen molar-refractivity contribution in [3.8, 4) is 0 Å². The van der Waals surface area contributed by atoms with Gasteiger partial charge in [0.15, 0.2) is 0 Å². The predicted octanol–water partition coefficient (Wildman–Crippen LogP) is 1.71. The van der Waals surface area contributed by atoms with Gasteiger partial charge in [0, 0.05) is 24.0 Å². The number of amides is 1. The van der Waals surface area contributed by atoms with E-state index < -0.39 is 0 Å². The Morgan fingerprint density at radius 2 is 2.18 bits per heavy atom. The standard InChI is InChI=1S/C13H18N2OS/c1-9-3-4-11(5-10(9)2)15-7-12(6-14)17-8-13(15)16/h3-5,12H,6-8,14H2,1-2H3. The molecule has 2 N–H and O–H groups in total. The first-order valence-corrected chi connectivity index (χ1v) is 6.86. The van der Waals surface area contributed by atoms with Crippen LogP contribution in [0.25, 0.3) is 0 Å². The van der Waals surface area contributed by atoms with E-state index in [9.17, 15) is 4.79 Å². The van der Waals surface area contributed by atoms with Crippen molar-refractivity contribution in [1.29, 1.82) is 0 Å². The number of rotatable bonds is 2. The Morgan fingerprint density at radius 3 is 2.82 bits per heavy atom. The van der Waals surface area contributed by atoms with Crippen LogP contribution in [0, 0.1) is 13.8 Å². The Hall–Kier alpha value is -1.00. The molecule has 0 spiro atoms. The number of carbonyl (C=O) groups is 1. The van der Waals surface area contributed by atoms with Crippen LogP contribution in [-0.4, -0.2) is 30.0 Å². The molecular weight excluding hydrogens is 232 g/mol. The van der Waals surface area contributed by atoms with Crippen LogP contribution in [0.2, 0.25) is 0 Å². The summed E-state index contributed by atoms with van der Waals surface area (Å²) in [4.78, 5) is 13.8. The summed E-state index contributed by atoms with van der Waals surface area (Å²) in [6.45, 7) is 5.50. The second kappa shape index (κ2) is 5.10. The zero-order valence-electron chi connectivity index (χ0n) is 10.3. The lowest BCUT2D eigenvalue weighted by atomic mass is 10.1. The molecule has 17 heavy (non-hydrogen) atoms. The third-order valence-electron chi connectivity index (χ3n) is 3.19. The molecule has 2 rings (SSSR count). The molecule has 1 unspecified atom stereocenters. The van der Waals surface area contributed by atoms with Crippen molar-refractivity contribution in [2.75, 3.05) is 23.7 Å². The lowest BCUT2D eigenvalue weighted by Gasteiger charge is -2.32. The van der Waals surface area contributed by atoms with Crippen molar-refractivity contribution in [1.82, 2.24) is 0 Å². The lowest BCUT2D eigenvalue weighted by molar-refractivity contribution is -0.116. The van der Waals surface area contributed by atoms with Gasteiger partial charge in [-0.3, -0.25) is 4.79 Å². The minimum atomic E-state index is 0.183. The number of carbonyl (C=O) groups excluding carboxylic acids is 1. The van der Waals surface area contributed by atoms with E-state index in [1.807, 2.05) is 11.0 Å². The molecule has 0 saturated carbocycles. The smallest absolute Gasteiger partial charge is 0.237 e. The summed E-state index contributed by atoms with van der Waals surface area (Å²) in [7, 11) is 0. The van der Waals surface area contributed by atoms with E-state index in [2.05, 4.69) is 26.0 Å². The lowest BCUT2D eigenvalue weighted by Crippen LogP contribution is -2.45. The van der Waals surface area contributed by atoms with Gasteiger partial charge in [-0.05, 0) is 37.1 Å². The number of aryl methyl sites for hydroxylation is 2. The van der Waals surface area contributed by atoms with Crippen LogP contribution in [0.4, 0.5) is 5.69 Å². The maximum absolute atomic E-state index is 11.9. The van der Waals surface area contributed by atoms with Gasteiger partial charge >= 0.3 is 0 Å². The van der Waals surface area contributed by atoms with Crippen LogP contribution in [-0.2, 0) is 4.79 Å². The number of thioether (sulfide) groups is 1. The van der Waals surface area contributed by atoms with Crippen molar-refractivity contribution in [2.24, 2.45) is 5.73 Å². The monoisotopic (exact) mass is 250 g/mol. The predicted molar refractivity (Wildman–Crippen MR) is 73.6 cm³/mol. The van der Waals surface area contributed by atoms with Gasteiger partial charge in [-0.1, -0.05) is 6.07 Å². The van der Waals surface area contributed by atoms with Gasteiger partial charge in [-0.25, -0.2) is 0 Å². The highest BCUT2D eigenvalue weighted by molar-refractivity contribution is 8.00. The zero-order valence-corrected chi connectivity index (χ0v) is 11.1. The van der Waals surface area contributed by atoms with Crippen molar-refractivity contribution >= 4 is 23.4 Å². The fourth-order valence-corrected chi connectivity index (χ4v) is 2.84. The van der Waals surface area contributed by atoms with Gasteiger partial charge < -0.3 is 10.6 Å². The number of nitrogens with zero attached hydrogens (tertiary/aromatic N) is 1. The van der Waals surface area contributed by atoms with Crippen LogP contribution in [0.1, 0.15) is 11.1 Å². The first kappa shape index (κ1) is 12.5. The molecule has 0 bridgehead atoms. The zero-order chi connectivity index (χ0) is 12.4. The van der Waals surface area contributed by atoms with E-state index in [4.69, 9.17) is 5.73 Å². The fourth-order valence-electron chi connectivity index (χ4n) is 1.91. The number of hydrogen-bond donors (Lipinski definition) is 1. The summed E-state index contributed by atoms with van der Waals surface area (Å²) < 4.78 is 0. The molecule has 1 amide bonds. The van der Waals surface area contributed by atoms with Gasteiger partial charge in [0.05, 0.1) is 5.75 Å². The Morgan fingerprint density at radius 1 is 1.41 bits per heavy atom. The Kier molecular flexibility index (Phi) is 3.74. The second-order valence-corrected chi connectivity index (χ2v) is 5.73. The molecule has 1 fully saturated rings. The maximum atomic E-state index is 11.9. The molecule has 1 aromatic carbocycles. The van der Waals surface area contributed by atoms with Crippen molar-refractivity contribution in [3.05, 3.63) is 29.3 Å². The molecule has 1 aliphatic heterocycles. The molecule has 1 aromatic rings. The maximum Gasteiger partial charge on any atom is 0.237 e. The molecule has 4 heteroatoms. The first-order valence-electron chi connectivity index (χ1n) is 5.81. The van der Waals surface area contributed by atoms with Gasteiger partial charge in [0.2, 0.25) is 5.91 Å². The van der Waals surface area contributed by atoms with Crippen molar-refractivity contribution in [2.45, 2.75) is 19.1 Å². The van der Waals surface area contributed by atoms with Crippen LogP contribution in [0.5, 0.6) is 0 Å². The quantitative estimate of drug-likeness (QED) is 0.869. The van der Waals surface area contributed by atoms with E-state index in [0.717, 1.165) is 12.2 Å². The van der Waals surface area contributed by atoms with Gasteiger partial charge in [-0.2, -0.15) is 0 Å². The Labute approximate surface area is 106 Å². The number of anilines is 1. The van der Waals surface area contributed by atoms with E-state index >= 15 is 0 Å². The van der Waals surface area contributed by atoms with Crippen LogP contribution < -0.4 is 10.6 Å². The van der Waals surface area contributed by atoms with Gasteiger partial charge in [0.25, 0.3) is 0 Å². The molecular formula is C13H18N2OS. The number of benzene rings is 1. The highest BCUT2D eigenvalue weighted by Crippen LogP contribution is 2.26. The van der Waals surface area contributed by atoms with Crippen LogP contribution in [0.3, 0.4) is 0 Å². The minimum absolute atomic E-state index is 0.183. The molecule has 0 radical (unpaired) electrons. The average Bonchev–Trinajstić information content (AvgIpc) is 2.33. The normalized spacial score (nSPS) is 20.8. The summed E-state index contributed by atoms with van der Waals surface area (Å²) in [6.07, 6.45) is 0. The minimum Gasteiger partial charge on any atom is -0.329 e. The Balaban J connectivity index is 2.24. The first-order chi connectivity index (χ1) is 8.11. The van der Waals surface area contributed by atoms with Gasteiger partial charge in [-0.15, -0.1) is 11.8 Å². The molecule has 3 nitrogen and oxygen atoms in total. The second-order valence-electron chi connectivity index (χ2n) is 4.44. The van der Waals surface area contributed by atoms with Crippen molar-refractivity contribution in [3.63, 3.8) is 0 Å². The average molecular weight is 250 g/mol. The molecule has 0 aromatic heterocycles. The van der Waals surface area contributed by atoms with Crippen LogP contribution in [0.15, 0.2) is 18.2 Å². The number of nitrogens with two attached hydrogens (primary N) is 1. The van der Waals surface area contributed by atoms with Crippen molar-refractivity contribution < 1.29 is 4.79 Å². The summed E-state index contributed by atoms with van der Waals surface area (Å²) in [5.41, 5.74) is 9.15. The molecule has 92 valence electrons. The third-order valence-corrected chi connectivity index (χ3v) is 4.42. The van der Waals surface area contributed by atoms with E-state index in [-0.39, 0.29) is 5.91 Å². The molecule has 1 aliphatic rings. The SMILES string of the molecule is Cc1ccc(N2CC(CN)SCC2=O)cc1C. The highest BCUT2D eigenvalue weighted by atomic mass is 32.2. The Bertz CT molecular complexity index is 433. The van der Waals surface area contributed by atoms with Crippen LogP contribution >= 0.6 is 11.8 Å². The summed E-state index contributed by atoms with van der Waals surface area (Å²) in [6, 6.07) is 6.16. The van der Waals surface area contributed by atoms with E-state index in [1.165, 1.54) is 11.1 Å². The topological polar surface area (TPSA) is 46.3 Å². The molecule has 1 saturated heterocycles. The van der Waals surface area contributed by atoms with Gasteiger partial charge in [0.1, 0.15) is 0 Å². The molecule has 1 atom stereocenters. The summed E-state index contributed by atoms with van der Waals surface area (Å²) in [5.74, 6) is 0.720. The highest BCUT2D eigenvalue weighted by Gasteiger charge is 2.26. The summed E-state index contributed by atoms with van der Waals surface area (Å²) in [5, 5.41) is 0.356. The third kappa shape index (κ3) is 2.64. The largest absolute Gasteiger partial charge is 0.329 e. The fraction of sp³-hybridized carbons (Fsp3) is 0.462. The van der Waals surface area contributed by atoms with E-state index in [1.54, 1.807) is 11.8 Å².